The molecule has 1 aromatic carbocycles. The fourth-order valence-corrected chi connectivity index (χ4v) is 1.74. The van der Waals surface area contributed by atoms with Crippen LogP contribution in [0.5, 0.6) is 0 Å². The zero-order chi connectivity index (χ0) is 13.8. The Morgan fingerprint density at radius 2 is 1.95 bits per heavy atom. The summed E-state index contributed by atoms with van der Waals surface area (Å²) in [5.41, 5.74) is 7.02. The van der Waals surface area contributed by atoms with Crippen molar-refractivity contribution in [3.05, 3.63) is 57.5 Å². The van der Waals surface area contributed by atoms with Crippen LogP contribution in [0.2, 0.25) is 0 Å². The number of aromatic carboxylic acids is 1. The summed E-state index contributed by atoms with van der Waals surface area (Å²) in [5.74, 6) is -0.848. The van der Waals surface area contributed by atoms with Crippen LogP contribution in [0.4, 0.5) is 5.95 Å². The van der Waals surface area contributed by atoms with E-state index >= 15 is 0 Å². The van der Waals surface area contributed by atoms with E-state index in [4.69, 9.17) is 10.8 Å². The number of carboxylic acids is 1. The largest absolute Gasteiger partial charge is 0.478 e. The van der Waals surface area contributed by atoms with Crippen LogP contribution in [0.1, 0.15) is 21.6 Å². The molecule has 0 bridgehead atoms. The van der Waals surface area contributed by atoms with Crippen molar-refractivity contribution in [2.24, 2.45) is 0 Å². The quantitative estimate of drug-likeness (QED) is 0.753. The number of nitrogens with one attached hydrogen (secondary N) is 1. The average molecular weight is 259 g/mol. The minimum absolute atomic E-state index is 0.101. The number of nitrogens with zero attached hydrogens (tertiary/aromatic N) is 1. The molecule has 0 aliphatic rings. The monoisotopic (exact) mass is 259 g/mol. The smallest absolute Gasteiger partial charge is 0.335 e. The minimum Gasteiger partial charge on any atom is -0.478 e. The van der Waals surface area contributed by atoms with Gasteiger partial charge in [-0.3, -0.25) is 9.78 Å². The van der Waals surface area contributed by atoms with Gasteiger partial charge < -0.3 is 10.8 Å². The second kappa shape index (κ2) is 5.34. The van der Waals surface area contributed by atoms with Crippen LogP contribution in [0.25, 0.3) is 0 Å². The standard InChI is InChI=1S/C13H13N3O3/c14-13-15-10(7-11(17)16-13)6-3-8-1-4-9(5-2-8)12(18)19/h1-2,4-5,7H,3,6H2,(H,18,19)(H3,14,15,16,17). The summed E-state index contributed by atoms with van der Waals surface area (Å²) in [6, 6.07) is 8.01. The first-order valence-corrected chi connectivity index (χ1v) is 5.72. The first-order chi connectivity index (χ1) is 9.04. The molecular weight excluding hydrogens is 246 g/mol. The average Bonchev–Trinajstić information content (AvgIpc) is 2.36. The molecule has 2 rings (SSSR count). The molecule has 0 spiro atoms. The van der Waals surface area contributed by atoms with E-state index in [0.29, 0.717) is 18.5 Å². The number of benzene rings is 1. The topological polar surface area (TPSA) is 109 Å². The van der Waals surface area contributed by atoms with Crippen molar-refractivity contribution in [1.29, 1.82) is 0 Å². The molecule has 0 fully saturated rings. The lowest BCUT2D eigenvalue weighted by molar-refractivity contribution is 0.0697. The van der Waals surface area contributed by atoms with E-state index in [1.807, 2.05) is 0 Å². The summed E-state index contributed by atoms with van der Waals surface area (Å²) in [4.78, 5) is 28.3. The Labute approximate surface area is 108 Å². The fourth-order valence-electron chi connectivity index (χ4n) is 1.74. The highest BCUT2D eigenvalue weighted by molar-refractivity contribution is 5.87. The van der Waals surface area contributed by atoms with Crippen molar-refractivity contribution in [1.82, 2.24) is 9.97 Å². The third kappa shape index (κ3) is 3.41. The molecule has 0 aliphatic carbocycles. The van der Waals surface area contributed by atoms with Crippen molar-refractivity contribution in [3.8, 4) is 0 Å². The van der Waals surface area contributed by atoms with Crippen molar-refractivity contribution < 1.29 is 9.90 Å². The van der Waals surface area contributed by atoms with Gasteiger partial charge in [-0.15, -0.1) is 0 Å². The molecule has 6 heteroatoms. The maximum atomic E-state index is 11.2. The number of carboxylic acid groups (broad SMARTS) is 1. The van der Waals surface area contributed by atoms with E-state index < -0.39 is 5.97 Å². The maximum absolute atomic E-state index is 11.2. The molecule has 6 nitrogen and oxygen atoms in total. The van der Waals surface area contributed by atoms with Gasteiger partial charge in [-0.25, -0.2) is 9.78 Å². The SMILES string of the molecule is Nc1nc(CCc2ccc(C(=O)O)cc2)cc(=O)[nH]1. The van der Waals surface area contributed by atoms with Crippen LogP contribution in [-0.2, 0) is 12.8 Å². The van der Waals surface area contributed by atoms with E-state index in [0.717, 1.165) is 5.56 Å². The zero-order valence-electron chi connectivity index (χ0n) is 10.1. The summed E-state index contributed by atoms with van der Waals surface area (Å²) >= 11 is 0. The number of carbonyl (C=O) groups is 1. The van der Waals surface area contributed by atoms with Crippen LogP contribution in [0.3, 0.4) is 0 Å². The van der Waals surface area contributed by atoms with Crippen molar-refractivity contribution in [3.63, 3.8) is 0 Å². The van der Waals surface area contributed by atoms with Gasteiger partial charge in [-0.2, -0.15) is 0 Å². The Kier molecular flexibility index (Phi) is 3.61. The number of nitrogen functional groups attached to an aromatic ring is 1. The summed E-state index contributed by atoms with van der Waals surface area (Å²) < 4.78 is 0. The van der Waals surface area contributed by atoms with Gasteiger partial charge in [-0.1, -0.05) is 12.1 Å². The molecule has 1 aromatic heterocycles. The Balaban J connectivity index is 2.06. The summed E-state index contributed by atoms with van der Waals surface area (Å²) in [5, 5.41) is 8.78. The van der Waals surface area contributed by atoms with E-state index in [1.165, 1.54) is 6.07 Å². The number of H-pyrrole nitrogens is 1. The van der Waals surface area contributed by atoms with E-state index in [1.54, 1.807) is 24.3 Å². The van der Waals surface area contributed by atoms with Crippen LogP contribution >= 0.6 is 0 Å². The highest BCUT2D eigenvalue weighted by Gasteiger charge is 2.03. The predicted octanol–water partition coefficient (Wildman–Crippen LogP) is 0.835. The second-order valence-corrected chi connectivity index (χ2v) is 4.12. The third-order valence-corrected chi connectivity index (χ3v) is 2.68. The molecule has 1 heterocycles. The third-order valence-electron chi connectivity index (χ3n) is 2.68. The Morgan fingerprint density at radius 1 is 1.26 bits per heavy atom. The summed E-state index contributed by atoms with van der Waals surface area (Å²) in [6.45, 7) is 0. The van der Waals surface area contributed by atoms with E-state index in [2.05, 4.69) is 9.97 Å². The van der Waals surface area contributed by atoms with Crippen LogP contribution < -0.4 is 11.3 Å². The second-order valence-electron chi connectivity index (χ2n) is 4.12. The summed E-state index contributed by atoms with van der Waals surface area (Å²) in [7, 11) is 0. The molecule has 4 N–H and O–H groups in total. The normalized spacial score (nSPS) is 10.3. The van der Waals surface area contributed by atoms with Gasteiger partial charge in [0.15, 0.2) is 0 Å². The number of aromatic nitrogens is 2. The lowest BCUT2D eigenvalue weighted by atomic mass is 10.1. The first kappa shape index (κ1) is 12.8. The molecule has 0 amide bonds. The van der Waals surface area contributed by atoms with E-state index in [9.17, 15) is 9.59 Å². The number of aromatic amines is 1. The summed E-state index contributed by atoms with van der Waals surface area (Å²) in [6.07, 6.45) is 1.23. The van der Waals surface area contributed by atoms with E-state index in [-0.39, 0.29) is 17.1 Å². The maximum Gasteiger partial charge on any atom is 0.335 e. The minimum atomic E-state index is -0.949. The molecule has 98 valence electrons. The van der Waals surface area contributed by atoms with Gasteiger partial charge in [0.1, 0.15) is 0 Å². The Morgan fingerprint density at radius 3 is 2.53 bits per heavy atom. The van der Waals surface area contributed by atoms with Gasteiger partial charge in [0, 0.05) is 6.07 Å². The molecule has 19 heavy (non-hydrogen) atoms. The number of nitrogens with two attached hydrogens (primary N) is 1. The fraction of sp³-hybridized carbons (Fsp3) is 0.154. The van der Waals surface area contributed by atoms with Crippen LogP contribution in [0.15, 0.2) is 35.1 Å². The van der Waals surface area contributed by atoms with Crippen LogP contribution in [-0.4, -0.2) is 21.0 Å². The molecule has 0 saturated heterocycles. The highest BCUT2D eigenvalue weighted by Crippen LogP contribution is 2.07. The van der Waals surface area contributed by atoms with Gasteiger partial charge >= 0.3 is 5.97 Å². The van der Waals surface area contributed by atoms with Gasteiger partial charge in [0.25, 0.3) is 5.56 Å². The van der Waals surface area contributed by atoms with Crippen molar-refractivity contribution in [2.75, 3.05) is 5.73 Å². The lowest BCUT2D eigenvalue weighted by Gasteiger charge is -2.03. The molecule has 2 aromatic rings. The first-order valence-electron chi connectivity index (χ1n) is 5.72. The van der Waals surface area contributed by atoms with Gasteiger partial charge in [0.2, 0.25) is 5.95 Å². The zero-order valence-corrected chi connectivity index (χ0v) is 10.1. The predicted molar refractivity (Wildman–Crippen MR) is 70.1 cm³/mol. The van der Waals surface area contributed by atoms with Crippen molar-refractivity contribution >= 4 is 11.9 Å². The lowest BCUT2D eigenvalue weighted by Crippen LogP contribution is -2.12. The molecule has 0 radical (unpaired) electrons. The molecule has 0 aliphatic heterocycles. The molecular formula is C13H13N3O3. The number of aryl methyl sites for hydroxylation is 2. The van der Waals surface area contributed by atoms with Gasteiger partial charge in [-0.05, 0) is 30.5 Å². The molecule has 0 atom stereocenters. The number of rotatable bonds is 4. The Hall–Kier alpha value is -2.63. The highest BCUT2D eigenvalue weighted by atomic mass is 16.4. The van der Waals surface area contributed by atoms with Gasteiger partial charge in [0.05, 0.1) is 11.3 Å². The molecule has 0 unspecified atom stereocenters. The van der Waals surface area contributed by atoms with Crippen LogP contribution in [0, 0.1) is 0 Å². The Bertz CT molecular complexity index is 647. The van der Waals surface area contributed by atoms with Crippen molar-refractivity contribution in [2.45, 2.75) is 12.8 Å². The molecule has 0 saturated carbocycles. The number of hydrogen-bond donors (Lipinski definition) is 3. The number of anilines is 1. The number of hydrogen-bond acceptors (Lipinski definition) is 4.